The summed E-state index contributed by atoms with van der Waals surface area (Å²) < 4.78 is 0. The van der Waals surface area contributed by atoms with Gasteiger partial charge in [0.2, 0.25) is 5.95 Å². The topological polar surface area (TPSA) is 58.1 Å². The maximum absolute atomic E-state index is 12.4. The first kappa shape index (κ1) is 15.3. The number of nitrogens with one attached hydrogen (secondary N) is 1. The second-order valence-electron chi connectivity index (χ2n) is 6.53. The van der Waals surface area contributed by atoms with Gasteiger partial charge in [-0.3, -0.25) is 4.79 Å². The molecule has 5 heteroatoms. The van der Waals surface area contributed by atoms with Crippen LogP contribution in [0.25, 0.3) is 0 Å². The summed E-state index contributed by atoms with van der Waals surface area (Å²) in [7, 11) is 0. The Hall–Kier alpha value is -1.65. The van der Waals surface area contributed by atoms with Crippen molar-refractivity contribution in [3.63, 3.8) is 0 Å². The molecule has 0 aromatic carbocycles. The summed E-state index contributed by atoms with van der Waals surface area (Å²) >= 11 is 0. The van der Waals surface area contributed by atoms with Crippen molar-refractivity contribution in [1.29, 1.82) is 0 Å². The minimum Gasteiger partial charge on any atom is -0.349 e. The van der Waals surface area contributed by atoms with Crippen LogP contribution in [0.2, 0.25) is 0 Å². The van der Waals surface area contributed by atoms with E-state index < -0.39 is 0 Å². The van der Waals surface area contributed by atoms with E-state index in [-0.39, 0.29) is 5.91 Å². The fraction of sp³-hybridized carbons (Fsp3) is 0.706. The highest BCUT2D eigenvalue weighted by molar-refractivity contribution is 5.95. The van der Waals surface area contributed by atoms with Gasteiger partial charge in [-0.1, -0.05) is 19.3 Å². The Balaban J connectivity index is 1.66. The molecule has 5 nitrogen and oxygen atoms in total. The Labute approximate surface area is 132 Å². The molecule has 1 amide bonds. The van der Waals surface area contributed by atoms with Gasteiger partial charge >= 0.3 is 0 Å². The molecule has 1 aliphatic carbocycles. The van der Waals surface area contributed by atoms with Crippen molar-refractivity contribution in [2.24, 2.45) is 0 Å². The second-order valence-corrected chi connectivity index (χ2v) is 6.53. The summed E-state index contributed by atoms with van der Waals surface area (Å²) in [4.78, 5) is 23.6. The molecule has 2 heterocycles. The van der Waals surface area contributed by atoms with Gasteiger partial charge in [0, 0.05) is 25.3 Å². The number of anilines is 1. The number of nitrogens with zero attached hydrogens (tertiary/aromatic N) is 3. The van der Waals surface area contributed by atoms with Gasteiger partial charge in [-0.15, -0.1) is 0 Å². The lowest BCUT2D eigenvalue weighted by molar-refractivity contribution is 0.0926. The predicted octanol–water partition coefficient (Wildman–Crippen LogP) is 2.84. The maximum Gasteiger partial charge on any atom is 0.254 e. The lowest BCUT2D eigenvalue weighted by Crippen LogP contribution is -2.37. The number of hydrogen-bond donors (Lipinski definition) is 1. The van der Waals surface area contributed by atoms with Gasteiger partial charge in [0.1, 0.15) is 0 Å². The zero-order valence-electron chi connectivity index (χ0n) is 13.5. The van der Waals surface area contributed by atoms with E-state index in [2.05, 4.69) is 20.2 Å². The molecule has 0 spiro atoms. The van der Waals surface area contributed by atoms with Crippen molar-refractivity contribution in [2.45, 2.75) is 64.3 Å². The first-order chi connectivity index (χ1) is 10.7. The fourth-order valence-electron chi connectivity index (χ4n) is 3.43. The molecule has 1 N–H and O–H groups in total. The van der Waals surface area contributed by atoms with Gasteiger partial charge in [0.15, 0.2) is 0 Å². The van der Waals surface area contributed by atoms with Crippen LogP contribution in [0.1, 0.15) is 67.4 Å². The van der Waals surface area contributed by atoms with E-state index in [4.69, 9.17) is 0 Å². The molecular weight excluding hydrogens is 276 g/mol. The van der Waals surface area contributed by atoms with E-state index in [1.807, 2.05) is 6.92 Å². The van der Waals surface area contributed by atoms with Gasteiger partial charge in [0.05, 0.1) is 11.3 Å². The van der Waals surface area contributed by atoms with Gasteiger partial charge in [-0.05, 0) is 39.0 Å². The van der Waals surface area contributed by atoms with E-state index in [9.17, 15) is 4.79 Å². The van der Waals surface area contributed by atoms with Crippen LogP contribution in [0.15, 0.2) is 6.20 Å². The van der Waals surface area contributed by atoms with Crippen molar-refractivity contribution >= 4 is 11.9 Å². The molecule has 22 heavy (non-hydrogen) atoms. The largest absolute Gasteiger partial charge is 0.349 e. The molecule has 0 bridgehead atoms. The predicted molar refractivity (Wildman–Crippen MR) is 87.2 cm³/mol. The summed E-state index contributed by atoms with van der Waals surface area (Å²) in [5, 5.41) is 3.14. The van der Waals surface area contributed by atoms with Gasteiger partial charge in [0.25, 0.3) is 5.91 Å². The third kappa shape index (κ3) is 3.57. The zero-order valence-corrected chi connectivity index (χ0v) is 13.5. The van der Waals surface area contributed by atoms with E-state index in [0.29, 0.717) is 11.6 Å². The van der Waals surface area contributed by atoms with E-state index in [1.165, 1.54) is 38.5 Å². The number of rotatable bonds is 3. The SMILES string of the molecule is Cc1nc(N2CCCCC2)ncc1C(=O)NC1CCCCC1. The number of piperidine rings is 1. The van der Waals surface area contributed by atoms with Gasteiger partial charge in [-0.25, -0.2) is 9.97 Å². The molecule has 2 fully saturated rings. The summed E-state index contributed by atoms with van der Waals surface area (Å²) in [5.74, 6) is 0.751. The zero-order chi connectivity index (χ0) is 15.4. The second kappa shape index (κ2) is 7.07. The van der Waals surface area contributed by atoms with Crippen LogP contribution in [0.4, 0.5) is 5.95 Å². The summed E-state index contributed by atoms with van der Waals surface area (Å²) in [6, 6.07) is 0.322. The standard InChI is InChI=1S/C17H26N4O/c1-13-15(16(22)20-14-8-4-2-5-9-14)12-18-17(19-13)21-10-6-3-7-11-21/h12,14H,2-11H2,1H3,(H,20,22). The average Bonchev–Trinajstić information content (AvgIpc) is 2.56. The average molecular weight is 302 g/mol. The number of hydrogen-bond acceptors (Lipinski definition) is 4. The normalized spacial score (nSPS) is 20.0. The number of aromatic nitrogens is 2. The molecule has 120 valence electrons. The molecular formula is C17H26N4O. The summed E-state index contributed by atoms with van der Waals surface area (Å²) in [6.07, 6.45) is 11.3. The lowest BCUT2D eigenvalue weighted by Gasteiger charge is -2.27. The Kier molecular flexibility index (Phi) is 4.90. The van der Waals surface area contributed by atoms with Crippen molar-refractivity contribution in [1.82, 2.24) is 15.3 Å². The molecule has 0 unspecified atom stereocenters. The van der Waals surface area contributed by atoms with Crippen LogP contribution in [0.5, 0.6) is 0 Å². The highest BCUT2D eigenvalue weighted by Gasteiger charge is 2.20. The molecule has 1 saturated heterocycles. The van der Waals surface area contributed by atoms with Crippen molar-refractivity contribution in [3.05, 3.63) is 17.5 Å². The lowest BCUT2D eigenvalue weighted by atomic mass is 9.95. The number of carbonyl (C=O) groups excluding carboxylic acids is 1. The fourth-order valence-corrected chi connectivity index (χ4v) is 3.43. The summed E-state index contributed by atoms with van der Waals surface area (Å²) in [6.45, 7) is 3.95. The summed E-state index contributed by atoms with van der Waals surface area (Å²) in [5.41, 5.74) is 1.40. The molecule has 1 aliphatic heterocycles. The molecule has 2 aliphatic rings. The van der Waals surface area contributed by atoms with Gasteiger partial charge in [-0.2, -0.15) is 0 Å². The Morgan fingerprint density at radius 1 is 1.14 bits per heavy atom. The van der Waals surface area contributed by atoms with Crippen LogP contribution < -0.4 is 10.2 Å². The number of carbonyl (C=O) groups is 1. The highest BCUT2D eigenvalue weighted by atomic mass is 16.1. The first-order valence-corrected chi connectivity index (χ1v) is 8.63. The maximum atomic E-state index is 12.4. The molecule has 0 atom stereocenters. The van der Waals surface area contributed by atoms with Crippen LogP contribution in [-0.4, -0.2) is 35.0 Å². The van der Waals surface area contributed by atoms with Gasteiger partial charge < -0.3 is 10.2 Å². The quantitative estimate of drug-likeness (QED) is 0.933. The first-order valence-electron chi connectivity index (χ1n) is 8.63. The molecule has 1 saturated carbocycles. The van der Waals surface area contributed by atoms with Crippen LogP contribution in [0, 0.1) is 6.92 Å². The van der Waals surface area contributed by atoms with E-state index >= 15 is 0 Å². The highest BCUT2D eigenvalue weighted by Crippen LogP contribution is 2.19. The Bertz CT molecular complexity index is 519. The molecule has 1 aromatic heterocycles. The monoisotopic (exact) mass is 302 g/mol. The van der Waals surface area contributed by atoms with E-state index in [0.717, 1.165) is 37.6 Å². The van der Waals surface area contributed by atoms with Crippen LogP contribution in [0.3, 0.4) is 0 Å². The molecule has 3 rings (SSSR count). The molecule has 1 aromatic rings. The molecule has 0 radical (unpaired) electrons. The minimum absolute atomic E-state index is 0.0189. The number of amides is 1. The van der Waals surface area contributed by atoms with Crippen LogP contribution in [-0.2, 0) is 0 Å². The third-order valence-corrected chi connectivity index (χ3v) is 4.79. The van der Waals surface area contributed by atoms with E-state index in [1.54, 1.807) is 6.20 Å². The Morgan fingerprint density at radius 3 is 2.50 bits per heavy atom. The number of aryl methyl sites for hydroxylation is 1. The Morgan fingerprint density at radius 2 is 1.82 bits per heavy atom. The van der Waals surface area contributed by atoms with Crippen molar-refractivity contribution < 1.29 is 4.79 Å². The van der Waals surface area contributed by atoms with Crippen LogP contribution >= 0.6 is 0 Å². The smallest absolute Gasteiger partial charge is 0.254 e. The third-order valence-electron chi connectivity index (χ3n) is 4.79. The van der Waals surface area contributed by atoms with Crippen molar-refractivity contribution in [3.8, 4) is 0 Å². The minimum atomic E-state index is -0.0189. The van der Waals surface area contributed by atoms with Crippen molar-refractivity contribution in [2.75, 3.05) is 18.0 Å².